The van der Waals surface area contributed by atoms with Gasteiger partial charge in [0.2, 0.25) is 11.8 Å². The van der Waals surface area contributed by atoms with Crippen LogP contribution < -0.4 is 20.1 Å². The van der Waals surface area contributed by atoms with Crippen LogP contribution in [0.15, 0.2) is 85.1 Å². The highest BCUT2D eigenvalue weighted by atomic mass is 16.5. The number of hydrogen-bond donors (Lipinski definition) is 3. The maximum absolute atomic E-state index is 13.2. The molecule has 3 heterocycles. The molecule has 2 fully saturated rings. The van der Waals surface area contributed by atoms with E-state index in [0.29, 0.717) is 22.9 Å². The molecule has 7 rings (SSSR count). The lowest BCUT2D eigenvalue weighted by Gasteiger charge is -2.36. The summed E-state index contributed by atoms with van der Waals surface area (Å²) in [6.45, 7) is 6.02. The van der Waals surface area contributed by atoms with Crippen LogP contribution in [0.5, 0.6) is 17.2 Å². The molecule has 1 saturated heterocycles. The van der Waals surface area contributed by atoms with Crippen LogP contribution in [0.1, 0.15) is 90.1 Å². The molecule has 1 saturated carbocycles. The van der Waals surface area contributed by atoms with Gasteiger partial charge in [0.05, 0.1) is 29.1 Å². The molecule has 4 amide bonds. The number of imide groups is 2. The Kier molecular flexibility index (Phi) is 8.61. The van der Waals surface area contributed by atoms with Crippen molar-refractivity contribution in [3.05, 3.63) is 113 Å². The second-order valence-electron chi connectivity index (χ2n) is 13.6. The van der Waals surface area contributed by atoms with Gasteiger partial charge in [0.25, 0.3) is 11.8 Å². The number of carbonyl (C=O) groups excluding carboxylic acids is 4. The van der Waals surface area contributed by atoms with E-state index in [4.69, 9.17) is 9.47 Å². The van der Waals surface area contributed by atoms with Gasteiger partial charge in [-0.05, 0) is 79.1 Å². The fourth-order valence-electron chi connectivity index (χ4n) is 6.66. The Morgan fingerprint density at radius 1 is 0.860 bits per heavy atom. The van der Waals surface area contributed by atoms with Crippen molar-refractivity contribution < 1.29 is 33.8 Å². The highest BCUT2D eigenvalue weighted by molar-refractivity contribution is 6.23. The Hall–Kier alpha value is -5.55. The van der Waals surface area contributed by atoms with Gasteiger partial charge in [-0.25, -0.2) is 0 Å². The predicted molar refractivity (Wildman–Crippen MR) is 184 cm³/mol. The molecular weight excluding hydrogens is 636 g/mol. The standard InChI is InChI=1S/C39H38N4O7/c1-22(44)33-15-13-29(21-40-33)49-27-9-4-23(5-10-27)39(2,3)24-6-11-28(12-7-24)50-30-18-26(19-30)41-25-8-14-31-32(20-25)38(48)43(37(31)47)34-16-17-35(45)42-36(34)46/h4-15,20-22,26,30,34,41,44H,16-19H2,1-3H3,(H,42,45,46)/t22?,26-,30-,34?. The van der Waals surface area contributed by atoms with E-state index in [1.807, 2.05) is 24.3 Å². The summed E-state index contributed by atoms with van der Waals surface area (Å²) in [5.41, 5.74) is 3.83. The monoisotopic (exact) mass is 674 g/mol. The Labute approximate surface area is 289 Å². The maximum Gasteiger partial charge on any atom is 0.262 e. The van der Waals surface area contributed by atoms with Crippen molar-refractivity contribution in [1.82, 2.24) is 15.2 Å². The van der Waals surface area contributed by atoms with Crippen molar-refractivity contribution in [2.75, 3.05) is 5.32 Å². The molecule has 11 heteroatoms. The number of nitrogens with zero attached hydrogens (tertiary/aromatic N) is 2. The Bertz CT molecular complexity index is 1950. The van der Waals surface area contributed by atoms with Crippen molar-refractivity contribution in [1.29, 1.82) is 0 Å². The largest absolute Gasteiger partial charge is 0.490 e. The summed E-state index contributed by atoms with van der Waals surface area (Å²) < 4.78 is 12.2. The molecular formula is C39H38N4O7. The molecule has 11 nitrogen and oxygen atoms in total. The lowest BCUT2D eigenvalue weighted by Crippen LogP contribution is -2.54. The van der Waals surface area contributed by atoms with Gasteiger partial charge in [-0.1, -0.05) is 38.1 Å². The highest BCUT2D eigenvalue weighted by Crippen LogP contribution is 2.36. The first-order chi connectivity index (χ1) is 24.0. The normalized spacial score (nSPS) is 20.9. The molecule has 3 aliphatic rings. The van der Waals surface area contributed by atoms with Gasteiger partial charge in [0.15, 0.2) is 0 Å². The summed E-state index contributed by atoms with van der Waals surface area (Å²) in [6, 6.07) is 23.9. The molecule has 256 valence electrons. The molecule has 1 aliphatic carbocycles. The summed E-state index contributed by atoms with van der Waals surface area (Å²) in [4.78, 5) is 55.2. The van der Waals surface area contributed by atoms with E-state index >= 15 is 0 Å². The van der Waals surface area contributed by atoms with Crippen LogP contribution in [-0.4, -0.2) is 56.8 Å². The molecule has 3 N–H and O–H groups in total. The van der Waals surface area contributed by atoms with Gasteiger partial charge >= 0.3 is 0 Å². The molecule has 2 atom stereocenters. The number of pyridine rings is 1. The minimum Gasteiger partial charge on any atom is -0.490 e. The minimum absolute atomic E-state index is 0.0398. The molecule has 1 aromatic heterocycles. The highest BCUT2D eigenvalue weighted by Gasteiger charge is 2.44. The number of piperidine rings is 1. The van der Waals surface area contributed by atoms with E-state index < -0.39 is 35.8 Å². The number of aliphatic hydroxyl groups is 1. The van der Waals surface area contributed by atoms with Crippen LogP contribution in [0.2, 0.25) is 0 Å². The van der Waals surface area contributed by atoms with E-state index in [2.05, 4.69) is 53.7 Å². The van der Waals surface area contributed by atoms with Crippen LogP contribution >= 0.6 is 0 Å². The first-order valence-electron chi connectivity index (χ1n) is 16.8. The maximum atomic E-state index is 13.2. The van der Waals surface area contributed by atoms with Gasteiger partial charge in [0.1, 0.15) is 29.4 Å². The third kappa shape index (κ3) is 6.44. The Balaban J connectivity index is 0.910. The number of carbonyl (C=O) groups is 4. The molecule has 0 spiro atoms. The number of nitrogens with one attached hydrogen (secondary N) is 2. The summed E-state index contributed by atoms with van der Waals surface area (Å²) in [7, 11) is 0. The molecule has 0 bridgehead atoms. The van der Waals surface area contributed by atoms with Crippen molar-refractivity contribution >= 4 is 29.3 Å². The smallest absolute Gasteiger partial charge is 0.262 e. The lowest BCUT2D eigenvalue weighted by atomic mass is 9.78. The number of amides is 4. The molecule has 2 unspecified atom stereocenters. The number of anilines is 1. The van der Waals surface area contributed by atoms with Gasteiger partial charge in [-0.2, -0.15) is 0 Å². The Morgan fingerprint density at radius 2 is 1.50 bits per heavy atom. The van der Waals surface area contributed by atoms with E-state index in [1.54, 1.807) is 43.5 Å². The Morgan fingerprint density at radius 3 is 2.12 bits per heavy atom. The van der Waals surface area contributed by atoms with E-state index in [1.165, 1.54) is 0 Å². The third-order valence-electron chi connectivity index (χ3n) is 9.78. The number of benzene rings is 3. The summed E-state index contributed by atoms with van der Waals surface area (Å²) in [5, 5.41) is 15.3. The molecule has 3 aromatic carbocycles. The van der Waals surface area contributed by atoms with Crippen LogP contribution in [-0.2, 0) is 15.0 Å². The molecule has 50 heavy (non-hydrogen) atoms. The van der Waals surface area contributed by atoms with Crippen LogP contribution in [0, 0.1) is 0 Å². The summed E-state index contributed by atoms with van der Waals surface area (Å²) >= 11 is 0. The van der Waals surface area contributed by atoms with Crippen molar-refractivity contribution in [3.63, 3.8) is 0 Å². The molecule has 4 aromatic rings. The second-order valence-corrected chi connectivity index (χ2v) is 13.6. The van der Waals surface area contributed by atoms with Gasteiger partial charge < -0.3 is 19.9 Å². The van der Waals surface area contributed by atoms with Gasteiger partial charge in [-0.15, -0.1) is 0 Å². The van der Waals surface area contributed by atoms with Crippen LogP contribution in [0.3, 0.4) is 0 Å². The first-order valence-corrected chi connectivity index (χ1v) is 16.8. The zero-order valence-corrected chi connectivity index (χ0v) is 28.0. The fourth-order valence-corrected chi connectivity index (χ4v) is 6.66. The topological polar surface area (TPSA) is 147 Å². The zero-order chi connectivity index (χ0) is 35.2. The average molecular weight is 675 g/mol. The van der Waals surface area contributed by atoms with E-state index in [9.17, 15) is 24.3 Å². The van der Waals surface area contributed by atoms with Crippen LogP contribution in [0.4, 0.5) is 5.69 Å². The molecule has 2 aliphatic heterocycles. The first kappa shape index (κ1) is 33.0. The SMILES string of the molecule is CC(O)c1ccc(Oc2ccc(C(C)(C)c3ccc(O[C@H]4C[C@H](Nc5ccc6c(c5)C(=O)N(C5CCC(=O)NC5=O)C6=O)C4)cc3)cc2)cn1. The molecule has 0 radical (unpaired) electrons. The minimum atomic E-state index is -0.987. The van der Waals surface area contributed by atoms with E-state index in [-0.39, 0.29) is 41.5 Å². The van der Waals surface area contributed by atoms with Gasteiger partial charge in [0, 0.05) is 36.4 Å². The summed E-state index contributed by atoms with van der Waals surface area (Å²) in [5.74, 6) is 0.0235. The number of hydrogen-bond acceptors (Lipinski definition) is 9. The van der Waals surface area contributed by atoms with Crippen molar-refractivity contribution in [3.8, 4) is 17.2 Å². The van der Waals surface area contributed by atoms with Crippen LogP contribution in [0.25, 0.3) is 0 Å². The van der Waals surface area contributed by atoms with Crippen molar-refractivity contribution in [2.24, 2.45) is 0 Å². The average Bonchev–Trinajstić information content (AvgIpc) is 3.32. The summed E-state index contributed by atoms with van der Waals surface area (Å²) in [6.07, 6.45) is 2.76. The van der Waals surface area contributed by atoms with Gasteiger partial charge in [-0.3, -0.25) is 34.4 Å². The number of ether oxygens (including phenoxy) is 2. The fraction of sp³-hybridized carbons (Fsp3) is 0.308. The number of aromatic nitrogens is 1. The third-order valence-corrected chi connectivity index (χ3v) is 9.78. The number of aliphatic hydroxyl groups excluding tert-OH is 1. The lowest BCUT2D eigenvalue weighted by molar-refractivity contribution is -0.136. The zero-order valence-electron chi connectivity index (χ0n) is 28.0. The predicted octanol–water partition coefficient (Wildman–Crippen LogP) is 5.68. The van der Waals surface area contributed by atoms with Crippen molar-refractivity contribution in [2.45, 2.75) is 76.2 Å². The quantitative estimate of drug-likeness (QED) is 0.181. The second kappa shape index (κ2) is 13.1. The number of rotatable bonds is 10. The van der Waals surface area contributed by atoms with E-state index in [0.717, 1.165) is 34.6 Å². The number of fused-ring (bicyclic) bond motifs is 1.